The van der Waals surface area contributed by atoms with Crippen LogP contribution in [0.4, 0.5) is 0 Å². The highest BCUT2D eigenvalue weighted by Gasteiger charge is 2.53. The molecule has 4 aliphatic rings. The van der Waals surface area contributed by atoms with Gasteiger partial charge in [-0.15, -0.1) is 0 Å². The number of hydrogen-bond acceptors (Lipinski definition) is 18. The summed E-state index contributed by atoms with van der Waals surface area (Å²) in [5.41, 5.74) is 1.20. The standard InChI is InChI=1S/C61H99NO18/c1-40-16-11-10-12-17-41(2)52(78-33-32-76-31-30-75-29-28-74-27-25-64)38-48-21-19-46(7)61(71,80-48)58(68)59(69)62-23-14-13-18-49(62)60(70)79-53(43(4)36-47-20-22-51(54(37-47)72-8)77-26-15-24-63)39-50(65)42(3)35-45(6)56(67)57(73-9)55(66)44(5)34-40/h10-12,16-17,35,40,42-44,46-49,51-54,56-57,63-64,67,71H,13-15,18-34,36-39H2,1-9H3/b12-10+,16-11+,41-17+,45-35+/t40-,42-,43-,44-,46-,47+,48+,49+,51-,52?,53+,54-,56-,57+,61-/m1/s1. The molecule has 19 nitrogen and oxygen atoms in total. The van der Waals surface area contributed by atoms with Gasteiger partial charge in [0.15, 0.2) is 5.78 Å². The second-order valence-electron chi connectivity index (χ2n) is 22.7. The molecule has 1 saturated carbocycles. The predicted octanol–water partition coefficient (Wildman–Crippen LogP) is 6.00. The van der Waals surface area contributed by atoms with Gasteiger partial charge in [0.1, 0.15) is 30.1 Å². The van der Waals surface area contributed by atoms with E-state index in [1.807, 2.05) is 58.1 Å². The van der Waals surface area contributed by atoms with Crippen molar-refractivity contribution in [2.75, 3.05) is 86.8 Å². The molecule has 2 bridgehead atoms. The van der Waals surface area contributed by atoms with Crippen molar-refractivity contribution in [3.63, 3.8) is 0 Å². The Morgan fingerprint density at radius 1 is 0.750 bits per heavy atom. The molecule has 456 valence electrons. The molecular weight excluding hydrogens is 1030 g/mol. The Bertz CT molecular complexity index is 2030. The fourth-order valence-electron chi connectivity index (χ4n) is 11.4. The lowest BCUT2D eigenvalue weighted by Gasteiger charge is -2.43. The molecule has 80 heavy (non-hydrogen) atoms. The number of hydrogen-bond donors (Lipinski definition) is 4. The third-order valence-corrected chi connectivity index (χ3v) is 16.3. The lowest BCUT2D eigenvalue weighted by Crippen LogP contribution is -2.61. The number of piperidine rings is 1. The van der Waals surface area contributed by atoms with E-state index in [1.165, 1.54) is 12.0 Å². The van der Waals surface area contributed by atoms with Crippen molar-refractivity contribution in [3.8, 4) is 0 Å². The lowest BCUT2D eigenvalue weighted by atomic mass is 9.78. The molecule has 0 radical (unpaired) electrons. The first kappa shape index (κ1) is 68.9. The number of cyclic esters (lactones) is 1. The number of nitrogens with zero attached hydrogens (tertiary/aromatic N) is 1. The highest BCUT2D eigenvalue weighted by atomic mass is 16.6. The molecule has 19 heteroatoms. The monoisotopic (exact) mass is 1130 g/mol. The Morgan fingerprint density at radius 2 is 1.45 bits per heavy atom. The maximum absolute atomic E-state index is 14.6. The number of carbonyl (C=O) groups excluding carboxylic acids is 5. The zero-order valence-electron chi connectivity index (χ0n) is 49.5. The van der Waals surface area contributed by atoms with E-state index in [4.69, 9.17) is 47.7 Å². The van der Waals surface area contributed by atoms with Crippen LogP contribution in [0.1, 0.15) is 132 Å². The van der Waals surface area contributed by atoms with Crippen molar-refractivity contribution in [3.05, 3.63) is 47.6 Å². The largest absolute Gasteiger partial charge is 0.460 e. The molecule has 3 aliphatic heterocycles. The van der Waals surface area contributed by atoms with E-state index >= 15 is 0 Å². The molecule has 15 atom stereocenters. The van der Waals surface area contributed by atoms with Crippen molar-refractivity contribution in [1.29, 1.82) is 0 Å². The smallest absolute Gasteiger partial charge is 0.329 e. The number of methoxy groups -OCH3 is 2. The van der Waals surface area contributed by atoms with Gasteiger partial charge in [-0.25, -0.2) is 4.79 Å². The predicted molar refractivity (Wildman–Crippen MR) is 299 cm³/mol. The molecule has 1 aliphatic carbocycles. The third-order valence-electron chi connectivity index (χ3n) is 16.3. The van der Waals surface area contributed by atoms with Crippen LogP contribution >= 0.6 is 0 Å². The van der Waals surface area contributed by atoms with Gasteiger partial charge in [-0.1, -0.05) is 71.1 Å². The van der Waals surface area contributed by atoms with E-state index in [1.54, 1.807) is 34.0 Å². The normalized spacial score (nSPS) is 35.1. The number of carbonyl (C=O) groups is 5. The molecule has 4 N–H and O–H groups in total. The summed E-state index contributed by atoms with van der Waals surface area (Å²) in [6.07, 6.45) is 11.9. The van der Waals surface area contributed by atoms with Crippen LogP contribution in [0.15, 0.2) is 47.6 Å². The first-order chi connectivity index (χ1) is 38.3. The lowest BCUT2D eigenvalue weighted by molar-refractivity contribution is -0.266. The van der Waals surface area contributed by atoms with E-state index in [-0.39, 0.29) is 100 Å². The SMILES string of the molecule is CO[C@@H]1C[C@H](C[C@@H](C)[C@@H]2CC(=O)[C@H](C)/C=C(\C)[C@@H](O)[C@@H](OC)C(=O)[C@H](C)C[C@H](C)/C=C/C=C/C=C(\C)C(OCCOCCOCCOCCO)C[C@@H]3CC[C@@H](C)[C@@](O)(O3)C(=O)C(=O)N3CCCC[C@H]3C(=O)O2)CC[C@H]1OCCCO. The summed E-state index contributed by atoms with van der Waals surface area (Å²) in [7, 11) is 3.02. The minimum Gasteiger partial charge on any atom is -0.460 e. The maximum atomic E-state index is 14.6. The van der Waals surface area contributed by atoms with Crippen LogP contribution in [-0.4, -0.2) is 196 Å². The van der Waals surface area contributed by atoms with Crippen LogP contribution in [0.5, 0.6) is 0 Å². The van der Waals surface area contributed by atoms with Gasteiger partial charge in [-0.2, -0.15) is 0 Å². The summed E-state index contributed by atoms with van der Waals surface area (Å²) in [6, 6.07) is -1.18. The first-order valence-electron chi connectivity index (χ1n) is 29.4. The van der Waals surface area contributed by atoms with Gasteiger partial charge >= 0.3 is 5.97 Å². The highest BCUT2D eigenvalue weighted by Crippen LogP contribution is 2.38. The fourth-order valence-corrected chi connectivity index (χ4v) is 11.4. The molecule has 1 amide bonds. The Labute approximate surface area is 476 Å². The average Bonchev–Trinajstić information content (AvgIpc) is 3.58. The quantitative estimate of drug-likeness (QED) is 0.0445. The van der Waals surface area contributed by atoms with E-state index in [2.05, 4.69) is 0 Å². The Morgan fingerprint density at radius 3 is 2.12 bits per heavy atom. The number of allylic oxidation sites excluding steroid dienone is 6. The molecule has 0 spiro atoms. The number of ketones is 3. The van der Waals surface area contributed by atoms with Crippen molar-refractivity contribution < 1.29 is 87.0 Å². The van der Waals surface area contributed by atoms with Crippen molar-refractivity contribution in [1.82, 2.24) is 4.90 Å². The van der Waals surface area contributed by atoms with Crippen molar-refractivity contribution in [2.45, 2.75) is 186 Å². The average molecular weight is 1130 g/mol. The maximum Gasteiger partial charge on any atom is 0.329 e. The summed E-state index contributed by atoms with van der Waals surface area (Å²) in [5.74, 6) is -8.31. The summed E-state index contributed by atoms with van der Waals surface area (Å²) in [5, 5.41) is 42.0. The molecule has 1 unspecified atom stereocenters. The van der Waals surface area contributed by atoms with Gasteiger partial charge in [0.2, 0.25) is 5.79 Å². The molecule has 0 aromatic heterocycles. The van der Waals surface area contributed by atoms with Crippen LogP contribution in [0, 0.1) is 35.5 Å². The number of amides is 1. The zero-order valence-corrected chi connectivity index (χ0v) is 49.5. The van der Waals surface area contributed by atoms with Crippen LogP contribution in [0.2, 0.25) is 0 Å². The van der Waals surface area contributed by atoms with Crippen molar-refractivity contribution >= 4 is 29.2 Å². The Hall–Kier alpha value is -3.57. The molecule has 0 aromatic rings. The third kappa shape index (κ3) is 21.6. The number of aliphatic hydroxyl groups is 4. The molecule has 3 heterocycles. The number of rotatable bonds is 21. The summed E-state index contributed by atoms with van der Waals surface area (Å²) in [4.78, 5) is 73.1. The summed E-state index contributed by atoms with van der Waals surface area (Å²) >= 11 is 0. The van der Waals surface area contributed by atoms with E-state index in [0.717, 1.165) is 18.4 Å². The molecular formula is C61H99NO18. The van der Waals surface area contributed by atoms with E-state index in [0.29, 0.717) is 90.0 Å². The number of ether oxygens (including phenoxy) is 9. The topological polar surface area (TPSA) is 253 Å². The molecule has 0 aromatic carbocycles. The molecule has 3 fully saturated rings. The van der Waals surface area contributed by atoms with Gasteiger partial charge < -0.3 is 68.0 Å². The summed E-state index contributed by atoms with van der Waals surface area (Å²) < 4.78 is 53.1. The molecule has 4 rings (SSSR count). The number of Topliss-reactive ketones (excluding diaryl/α,β-unsaturated/α-hetero) is 3. The van der Waals surface area contributed by atoms with Crippen molar-refractivity contribution in [2.24, 2.45) is 35.5 Å². The molecule has 2 saturated heterocycles. The minimum absolute atomic E-state index is 0.0250. The zero-order chi connectivity index (χ0) is 58.8. The van der Waals surface area contributed by atoms with Crippen LogP contribution < -0.4 is 0 Å². The van der Waals surface area contributed by atoms with Crippen LogP contribution in [0.25, 0.3) is 0 Å². The number of aliphatic hydroxyl groups excluding tert-OH is 3. The van der Waals surface area contributed by atoms with E-state index < -0.39 is 77.8 Å². The van der Waals surface area contributed by atoms with Gasteiger partial charge in [0.25, 0.3) is 11.7 Å². The highest BCUT2D eigenvalue weighted by molar-refractivity contribution is 6.39. The van der Waals surface area contributed by atoms with Gasteiger partial charge in [-0.3, -0.25) is 19.2 Å². The van der Waals surface area contributed by atoms with Gasteiger partial charge in [0.05, 0.1) is 77.3 Å². The summed E-state index contributed by atoms with van der Waals surface area (Å²) in [6.45, 7) is 15.2. The number of esters is 1. The first-order valence-corrected chi connectivity index (χ1v) is 29.4. The number of fused-ring (bicyclic) bond motifs is 3. The Balaban J connectivity index is 1.66. The van der Waals surface area contributed by atoms with Gasteiger partial charge in [-0.05, 0) is 113 Å². The van der Waals surface area contributed by atoms with E-state index in [9.17, 15) is 39.3 Å². The second-order valence-corrected chi connectivity index (χ2v) is 22.7. The van der Waals surface area contributed by atoms with Gasteiger partial charge in [0, 0.05) is 64.6 Å². The fraction of sp³-hybridized carbons (Fsp3) is 0.787. The second kappa shape index (κ2) is 36.2. The minimum atomic E-state index is -2.50. The Kier molecular flexibility index (Phi) is 31.2. The van der Waals surface area contributed by atoms with Crippen LogP contribution in [-0.2, 0) is 66.6 Å². The van der Waals surface area contributed by atoms with Crippen LogP contribution in [0.3, 0.4) is 0 Å².